The van der Waals surface area contributed by atoms with Crippen LogP contribution in [0.1, 0.15) is 15.9 Å². The highest BCUT2D eigenvalue weighted by Crippen LogP contribution is 2.33. The second-order valence-electron chi connectivity index (χ2n) is 4.91. The second kappa shape index (κ2) is 6.87. The van der Waals surface area contributed by atoms with Gasteiger partial charge in [-0.2, -0.15) is 0 Å². The molecular formula is C18H16O5. The van der Waals surface area contributed by atoms with Gasteiger partial charge in [0.1, 0.15) is 6.29 Å². The third kappa shape index (κ3) is 3.45. The first-order valence-corrected chi connectivity index (χ1v) is 7.14. The molecule has 2 aliphatic rings. The summed E-state index contributed by atoms with van der Waals surface area (Å²) in [7, 11) is 0. The minimum absolute atomic E-state index is 0.248. The van der Waals surface area contributed by atoms with Gasteiger partial charge in [0.05, 0.1) is 0 Å². The maximum Gasteiger partial charge on any atom is 0.231 e. The SMILES string of the molecule is C=CCc1ccc2c(c1)OCO2.O=Cc1ccc2c(c1)OCO2. The summed E-state index contributed by atoms with van der Waals surface area (Å²) in [5.41, 5.74) is 1.81. The molecule has 2 aromatic rings. The van der Waals surface area contributed by atoms with Gasteiger partial charge in [-0.15, -0.1) is 6.58 Å². The Labute approximate surface area is 134 Å². The van der Waals surface area contributed by atoms with Gasteiger partial charge in [-0.05, 0) is 42.3 Å². The van der Waals surface area contributed by atoms with Crippen LogP contribution in [0.3, 0.4) is 0 Å². The quantitative estimate of drug-likeness (QED) is 0.642. The van der Waals surface area contributed by atoms with Gasteiger partial charge in [0.15, 0.2) is 23.0 Å². The number of aldehydes is 1. The lowest BCUT2D eigenvalue weighted by Gasteiger charge is -1.98. The molecule has 0 unspecified atom stereocenters. The Balaban J connectivity index is 0.000000136. The maximum absolute atomic E-state index is 10.3. The van der Waals surface area contributed by atoms with E-state index in [4.69, 9.17) is 18.9 Å². The lowest BCUT2D eigenvalue weighted by atomic mass is 10.1. The molecule has 0 saturated heterocycles. The molecule has 118 valence electrons. The zero-order chi connectivity index (χ0) is 16.1. The molecule has 0 saturated carbocycles. The molecule has 4 rings (SSSR count). The number of carbonyl (C=O) groups excluding carboxylic acids is 1. The summed E-state index contributed by atoms with van der Waals surface area (Å²) in [4.78, 5) is 10.3. The van der Waals surface area contributed by atoms with Crippen molar-refractivity contribution >= 4 is 6.29 Å². The summed E-state index contributed by atoms with van der Waals surface area (Å²) in [5.74, 6) is 3.03. The summed E-state index contributed by atoms with van der Waals surface area (Å²) in [6, 6.07) is 11.0. The Hall–Kier alpha value is -2.95. The minimum Gasteiger partial charge on any atom is -0.454 e. The lowest BCUT2D eigenvalue weighted by Crippen LogP contribution is -1.92. The van der Waals surface area contributed by atoms with Crippen LogP contribution >= 0.6 is 0 Å². The predicted octanol–water partition coefficient (Wildman–Crippen LogP) is 3.37. The smallest absolute Gasteiger partial charge is 0.231 e. The normalized spacial score (nSPS) is 13.0. The molecule has 0 spiro atoms. The van der Waals surface area contributed by atoms with Gasteiger partial charge >= 0.3 is 0 Å². The van der Waals surface area contributed by atoms with Gasteiger partial charge in [-0.3, -0.25) is 4.79 Å². The highest BCUT2D eigenvalue weighted by molar-refractivity contribution is 5.76. The van der Waals surface area contributed by atoms with E-state index in [-0.39, 0.29) is 6.79 Å². The number of allylic oxidation sites excluding steroid dienone is 1. The van der Waals surface area contributed by atoms with Crippen molar-refractivity contribution in [1.29, 1.82) is 0 Å². The number of rotatable bonds is 3. The zero-order valence-electron chi connectivity index (χ0n) is 12.5. The molecule has 2 aliphatic heterocycles. The average Bonchev–Trinajstić information content (AvgIpc) is 3.23. The van der Waals surface area contributed by atoms with Crippen molar-refractivity contribution in [2.75, 3.05) is 13.6 Å². The number of hydrogen-bond acceptors (Lipinski definition) is 5. The molecule has 0 radical (unpaired) electrons. The van der Waals surface area contributed by atoms with Crippen molar-refractivity contribution < 1.29 is 23.7 Å². The highest BCUT2D eigenvalue weighted by atomic mass is 16.7. The first-order valence-electron chi connectivity index (χ1n) is 7.14. The van der Waals surface area contributed by atoms with Gasteiger partial charge in [0.25, 0.3) is 0 Å². The van der Waals surface area contributed by atoms with Crippen LogP contribution in [-0.4, -0.2) is 19.9 Å². The second-order valence-corrected chi connectivity index (χ2v) is 4.91. The molecule has 0 fully saturated rings. The summed E-state index contributed by atoms with van der Waals surface area (Å²) in [6.45, 7) is 4.27. The van der Waals surface area contributed by atoms with Crippen LogP contribution in [0.15, 0.2) is 49.1 Å². The standard InChI is InChI=1S/C10H10O2.C8H6O3/c1-2-3-8-4-5-9-10(6-8)12-7-11-9;9-4-6-1-2-7-8(3-6)11-5-10-7/h2,4-6H,1,3,7H2;1-4H,5H2. The number of fused-ring (bicyclic) bond motifs is 2. The zero-order valence-corrected chi connectivity index (χ0v) is 12.5. The van der Waals surface area contributed by atoms with E-state index in [1.54, 1.807) is 18.2 Å². The van der Waals surface area contributed by atoms with Crippen molar-refractivity contribution in [2.45, 2.75) is 6.42 Å². The van der Waals surface area contributed by atoms with Crippen LogP contribution in [0.2, 0.25) is 0 Å². The van der Waals surface area contributed by atoms with E-state index in [2.05, 4.69) is 6.58 Å². The van der Waals surface area contributed by atoms with Crippen LogP contribution in [0.5, 0.6) is 23.0 Å². The Bertz CT molecular complexity index is 723. The Morgan fingerprint density at radius 3 is 2.13 bits per heavy atom. The topological polar surface area (TPSA) is 54.0 Å². The van der Waals surface area contributed by atoms with E-state index in [9.17, 15) is 4.79 Å². The predicted molar refractivity (Wildman–Crippen MR) is 84.4 cm³/mol. The molecular weight excluding hydrogens is 296 g/mol. The molecule has 5 nitrogen and oxygen atoms in total. The molecule has 23 heavy (non-hydrogen) atoms. The van der Waals surface area contributed by atoms with Crippen LogP contribution in [-0.2, 0) is 6.42 Å². The highest BCUT2D eigenvalue weighted by Gasteiger charge is 2.13. The van der Waals surface area contributed by atoms with E-state index in [1.807, 2.05) is 24.3 Å². The summed E-state index contributed by atoms with van der Waals surface area (Å²) in [6.07, 6.45) is 3.52. The van der Waals surface area contributed by atoms with Gasteiger partial charge < -0.3 is 18.9 Å². The van der Waals surface area contributed by atoms with Crippen LogP contribution in [0.4, 0.5) is 0 Å². The minimum atomic E-state index is 0.248. The van der Waals surface area contributed by atoms with Crippen LogP contribution < -0.4 is 18.9 Å². The van der Waals surface area contributed by atoms with E-state index in [0.29, 0.717) is 23.9 Å². The average molecular weight is 312 g/mol. The van der Waals surface area contributed by atoms with Crippen LogP contribution in [0, 0.1) is 0 Å². The maximum atomic E-state index is 10.3. The fourth-order valence-electron chi connectivity index (χ4n) is 2.22. The van der Waals surface area contributed by atoms with Gasteiger partial charge in [0, 0.05) is 5.56 Å². The van der Waals surface area contributed by atoms with Crippen molar-refractivity contribution in [3.63, 3.8) is 0 Å². The number of benzene rings is 2. The number of ether oxygens (including phenoxy) is 4. The van der Waals surface area contributed by atoms with Crippen LogP contribution in [0.25, 0.3) is 0 Å². The fraction of sp³-hybridized carbons (Fsp3) is 0.167. The van der Waals surface area contributed by atoms with E-state index < -0.39 is 0 Å². The molecule has 0 amide bonds. The monoisotopic (exact) mass is 312 g/mol. The molecule has 2 heterocycles. The first kappa shape index (κ1) is 15.0. The Morgan fingerprint density at radius 2 is 1.48 bits per heavy atom. The van der Waals surface area contributed by atoms with E-state index in [0.717, 1.165) is 24.2 Å². The molecule has 0 aliphatic carbocycles. The van der Waals surface area contributed by atoms with Gasteiger partial charge in [-0.1, -0.05) is 12.1 Å². The summed E-state index contributed by atoms with van der Waals surface area (Å²) < 4.78 is 20.5. The summed E-state index contributed by atoms with van der Waals surface area (Å²) in [5, 5.41) is 0. The first-order chi connectivity index (χ1) is 11.3. The number of hydrogen-bond donors (Lipinski definition) is 0. The van der Waals surface area contributed by atoms with Crippen molar-refractivity contribution in [3.05, 3.63) is 60.2 Å². The van der Waals surface area contributed by atoms with Gasteiger partial charge in [0.2, 0.25) is 13.6 Å². The number of carbonyl (C=O) groups is 1. The molecule has 2 aromatic carbocycles. The van der Waals surface area contributed by atoms with Crippen molar-refractivity contribution in [1.82, 2.24) is 0 Å². The molecule has 0 atom stereocenters. The van der Waals surface area contributed by atoms with E-state index in [1.165, 1.54) is 5.56 Å². The van der Waals surface area contributed by atoms with Crippen molar-refractivity contribution in [2.24, 2.45) is 0 Å². The molecule has 5 heteroatoms. The summed E-state index contributed by atoms with van der Waals surface area (Å²) >= 11 is 0. The molecule has 0 aromatic heterocycles. The largest absolute Gasteiger partial charge is 0.454 e. The van der Waals surface area contributed by atoms with Crippen molar-refractivity contribution in [3.8, 4) is 23.0 Å². The molecule has 0 bridgehead atoms. The molecule has 0 N–H and O–H groups in total. The lowest BCUT2D eigenvalue weighted by molar-refractivity contribution is 0.112. The fourth-order valence-corrected chi connectivity index (χ4v) is 2.22. The third-order valence-corrected chi connectivity index (χ3v) is 3.35. The van der Waals surface area contributed by atoms with E-state index >= 15 is 0 Å². The Kier molecular flexibility index (Phi) is 4.47. The third-order valence-electron chi connectivity index (χ3n) is 3.35. The Morgan fingerprint density at radius 1 is 0.870 bits per heavy atom. The van der Waals surface area contributed by atoms with Gasteiger partial charge in [-0.25, -0.2) is 0 Å².